The SMILES string of the molecule is C[C@H](NC(=O)Cn1cccn1)c1ccc(-c2ccccc2)cc1. The van der Waals surface area contributed by atoms with Crippen molar-refractivity contribution >= 4 is 5.91 Å². The largest absolute Gasteiger partial charge is 0.348 e. The summed E-state index contributed by atoms with van der Waals surface area (Å²) in [6, 6.07) is 20.3. The smallest absolute Gasteiger partial charge is 0.242 e. The van der Waals surface area contributed by atoms with Gasteiger partial charge in [-0.2, -0.15) is 5.10 Å². The summed E-state index contributed by atoms with van der Waals surface area (Å²) in [7, 11) is 0. The quantitative estimate of drug-likeness (QED) is 0.785. The molecule has 3 rings (SSSR count). The molecule has 3 aromatic rings. The first-order valence-corrected chi connectivity index (χ1v) is 7.64. The van der Waals surface area contributed by atoms with Gasteiger partial charge in [0.2, 0.25) is 5.91 Å². The molecule has 0 radical (unpaired) electrons. The average Bonchev–Trinajstić information content (AvgIpc) is 3.08. The lowest BCUT2D eigenvalue weighted by atomic mass is 10.0. The molecule has 0 aliphatic carbocycles. The third-order valence-electron chi connectivity index (χ3n) is 3.76. The summed E-state index contributed by atoms with van der Waals surface area (Å²) >= 11 is 0. The minimum atomic E-state index is -0.0478. The topological polar surface area (TPSA) is 46.9 Å². The molecule has 116 valence electrons. The molecule has 0 saturated heterocycles. The molecule has 4 heteroatoms. The van der Waals surface area contributed by atoms with Gasteiger partial charge in [-0.1, -0.05) is 54.6 Å². The highest BCUT2D eigenvalue weighted by Gasteiger charge is 2.10. The molecule has 0 aliphatic rings. The first kappa shape index (κ1) is 15.0. The van der Waals surface area contributed by atoms with Gasteiger partial charge in [-0.3, -0.25) is 9.48 Å². The second-order valence-corrected chi connectivity index (χ2v) is 5.48. The van der Waals surface area contributed by atoms with Crippen LogP contribution in [0, 0.1) is 0 Å². The third-order valence-corrected chi connectivity index (χ3v) is 3.76. The van der Waals surface area contributed by atoms with Crippen LogP contribution in [0.4, 0.5) is 0 Å². The molecule has 1 amide bonds. The number of carbonyl (C=O) groups is 1. The van der Waals surface area contributed by atoms with E-state index >= 15 is 0 Å². The van der Waals surface area contributed by atoms with Crippen molar-refractivity contribution in [1.82, 2.24) is 15.1 Å². The highest BCUT2D eigenvalue weighted by Crippen LogP contribution is 2.21. The summed E-state index contributed by atoms with van der Waals surface area (Å²) in [5.74, 6) is -0.0478. The minimum Gasteiger partial charge on any atom is -0.348 e. The molecule has 0 aliphatic heterocycles. The molecule has 4 nitrogen and oxygen atoms in total. The number of carbonyl (C=O) groups excluding carboxylic acids is 1. The van der Waals surface area contributed by atoms with Crippen LogP contribution in [-0.2, 0) is 11.3 Å². The maximum absolute atomic E-state index is 12.0. The van der Waals surface area contributed by atoms with E-state index in [1.165, 1.54) is 11.1 Å². The van der Waals surface area contributed by atoms with Gasteiger partial charge in [-0.25, -0.2) is 0 Å². The van der Waals surface area contributed by atoms with Gasteiger partial charge < -0.3 is 5.32 Å². The van der Waals surface area contributed by atoms with Crippen LogP contribution in [0.5, 0.6) is 0 Å². The van der Waals surface area contributed by atoms with E-state index in [2.05, 4.69) is 46.8 Å². The summed E-state index contributed by atoms with van der Waals surface area (Å²) in [5, 5.41) is 7.03. The Morgan fingerprint density at radius 3 is 2.39 bits per heavy atom. The number of aromatic nitrogens is 2. The monoisotopic (exact) mass is 305 g/mol. The molecule has 1 aromatic heterocycles. The zero-order valence-corrected chi connectivity index (χ0v) is 13.0. The lowest BCUT2D eigenvalue weighted by Crippen LogP contribution is -2.30. The Hall–Kier alpha value is -2.88. The van der Waals surface area contributed by atoms with Gasteiger partial charge in [0.1, 0.15) is 6.54 Å². The number of hydrogen-bond acceptors (Lipinski definition) is 2. The fourth-order valence-electron chi connectivity index (χ4n) is 2.51. The lowest BCUT2D eigenvalue weighted by Gasteiger charge is -2.15. The Morgan fingerprint density at radius 1 is 1.04 bits per heavy atom. The van der Waals surface area contributed by atoms with Crippen LogP contribution in [0.25, 0.3) is 11.1 Å². The van der Waals surface area contributed by atoms with Crippen LogP contribution in [0.1, 0.15) is 18.5 Å². The van der Waals surface area contributed by atoms with Crippen molar-refractivity contribution in [3.05, 3.63) is 78.6 Å². The van der Waals surface area contributed by atoms with E-state index in [4.69, 9.17) is 0 Å². The molecule has 1 atom stereocenters. The van der Waals surface area contributed by atoms with Gasteiger partial charge in [-0.15, -0.1) is 0 Å². The summed E-state index contributed by atoms with van der Waals surface area (Å²) in [4.78, 5) is 12.0. The zero-order chi connectivity index (χ0) is 16.1. The second kappa shape index (κ2) is 6.92. The summed E-state index contributed by atoms with van der Waals surface area (Å²) in [5.41, 5.74) is 3.44. The Bertz CT molecular complexity index is 749. The zero-order valence-electron chi connectivity index (χ0n) is 13.0. The van der Waals surface area contributed by atoms with Gasteiger partial charge in [0, 0.05) is 12.4 Å². The van der Waals surface area contributed by atoms with E-state index in [-0.39, 0.29) is 18.5 Å². The van der Waals surface area contributed by atoms with Crippen molar-refractivity contribution in [2.75, 3.05) is 0 Å². The minimum absolute atomic E-state index is 0.0390. The summed E-state index contributed by atoms with van der Waals surface area (Å²) in [6.07, 6.45) is 3.44. The standard InChI is InChI=1S/C19H19N3O/c1-15(21-19(23)14-22-13-5-12-20-22)16-8-10-18(11-9-16)17-6-3-2-4-7-17/h2-13,15H,14H2,1H3,(H,21,23)/t15-/m0/s1. The van der Waals surface area contributed by atoms with Gasteiger partial charge >= 0.3 is 0 Å². The molecule has 0 spiro atoms. The van der Waals surface area contributed by atoms with Crippen LogP contribution in [0.2, 0.25) is 0 Å². The first-order chi connectivity index (χ1) is 11.2. The van der Waals surface area contributed by atoms with Crippen LogP contribution < -0.4 is 5.32 Å². The molecular weight excluding hydrogens is 286 g/mol. The van der Waals surface area contributed by atoms with E-state index in [9.17, 15) is 4.79 Å². The predicted octanol–water partition coefficient (Wildman–Crippen LogP) is 3.43. The molecular formula is C19H19N3O. The van der Waals surface area contributed by atoms with Crippen molar-refractivity contribution in [1.29, 1.82) is 0 Å². The van der Waals surface area contributed by atoms with Crippen molar-refractivity contribution in [3.63, 3.8) is 0 Å². The van der Waals surface area contributed by atoms with Crippen molar-refractivity contribution in [2.45, 2.75) is 19.5 Å². The fourth-order valence-corrected chi connectivity index (χ4v) is 2.51. The Balaban J connectivity index is 1.63. The predicted molar refractivity (Wildman–Crippen MR) is 90.7 cm³/mol. The van der Waals surface area contributed by atoms with Crippen molar-refractivity contribution < 1.29 is 4.79 Å². The molecule has 1 N–H and O–H groups in total. The Kier molecular flexibility index (Phi) is 4.52. The van der Waals surface area contributed by atoms with Crippen LogP contribution >= 0.6 is 0 Å². The van der Waals surface area contributed by atoms with E-state index in [0.717, 1.165) is 5.56 Å². The third kappa shape index (κ3) is 3.86. The molecule has 0 saturated carbocycles. The number of nitrogens with zero attached hydrogens (tertiary/aromatic N) is 2. The normalized spacial score (nSPS) is 11.9. The van der Waals surface area contributed by atoms with Gasteiger partial charge in [-0.05, 0) is 29.7 Å². The Morgan fingerprint density at radius 2 is 1.74 bits per heavy atom. The van der Waals surface area contributed by atoms with Gasteiger partial charge in [0.15, 0.2) is 0 Å². The van der Waals surface area contributed by atoms with Gasteiger partial charge in [0.05, 0.1) is 6.04 Å². The molecule has 0 unspecified atom stereocenters. The molecule has 1 heterocycles. The maximum atomic E-state index is 12.0. The van der Waals surface area contributed by atoms with Crippen LogP contribution in [-0.4, -0.2) is 15.7 Å². The number of amides is 1. The highest BCUT2D eigenvalue weighted by molar-refractivity contribution is 5.76. The summed E-state index contributed by atoms with van der Waals surface area (Å²) in [6.45, 7) is 2.22. The Labute approximate surface area is 135 Å². The molecule has 0 bridgehead atoms. The maximum Gasteiger partial charge on any atom is 0.242 e. The fraction of sp³-hybridized carbons (Fsp3) is 0.158. The van der Waals surface area contributed by atoms with Crippen LogP contribution in [0.15, 0.2) is 73.1 Å². The van der Waals surface area contributed by atoms with E-state index in [1.54, 1.807) is 23.1 Å². The van der Waals surface area contributed by atoms with Crippen molar-refractivity contribution in [2.24, 2.45) is 0 Å². The number of benzene rings is 2. The van der Waals surface area contributed by atoms with E-state index in [0.29, 0.717) is 0 Å². The van der Waals surface area contributed by atoms with E-state index in [1.807, 2.05) is 25.1 Å². The van der Waals surface area contributed by atoms with E-state index < -0.39 is 0 Å². The molecule has 23 heavy (non-hydrogen) atoms. The first-order valence-electron chi connectivity index (χ1n) is 7.64. The van der Waals surface area contributed by atoms with Gasteiger partial charge in [0.25, 0.3) is 0 Å². The second-order valence-electron chi connectivity index (χ2n) is 5.48. The average molecular weight is 305 g/mol. The molecule has 2 aromatic carbocycles. The number of rotatable bonds is 5. The van der Waals surface area contributed by atoms with Crippen molar-refractivity contribution in [3.8, 4) is 11.1 Å². The number of hydrogen-bond donors (Lipinski definition) is 1. The highest BCUT2D eigenvalue weighted by atomic mass is 16.2. The lowest BCUT2D eigenvalue weighted by molar-refractivity contribution is -0.122. The number of nitrogens with one attached hydrogen (secondary N) is 1. The van der Waals surface area contributed by atoms with Crippen LogP contribution in [0.3, 0.4) is 0 Å². The molecule has 0 fully saturated rings. The summed E-state index contributed by atoms with van der Waals surface area (Å²) < 4.78 is 1.61.